The van der Waals surface area contributed by atoms with Gasteiger partial charge in [-0.3, -0.25) is 0 Å². The highest BCUT2D eigenvalue weighted by atomic mass is 14.2. The Morgan fingerprint density at radius 1 is 0.905 bits per heavy atom. The fourth-order valence-electron chi connectivity index (χ4n) is 2.89. The molecule has 0 aromatic heterocycles. The summed E-state index contributed by atoms with van der Waals surface area (Å²) in [7, 11) is 0. The molecular formula is C21H27. The van der Waals surface area contributed by atoms with E-state index in [1.54, 1.807) is 0 Å². The molecule has 0 aliphatic carbocycles. The van der Waals surface area contributed by atoms with Crippen LogP contribution in [0.5, 0.6) is 0 Å². The van der Waals surface area contributed by atoms with Crippen LogP contribution in [0.2, 0.25) is 0 Å². The van der Waals surface area contributed by atoms with E-state index < -0.39 is 0 Å². The zero-order chi connectivity index (χ0) is 15.2. The fourth-order valence-corrected chi connectivity index (χ4v) is 2.89. The van der Waals surface area contributed by atoms with Crippen molar-refractivity contribution in [2.75, 3.05) is 0 Å². The van der Waals surface area contributed by atoms with Crippen molar-refractivity contribution >= 4 is 0 Å². The van der Waals surface area contributed by atoms with Crippen molar-refractivity contribution in [2.45, 2.75) is 58.8 Å². The molecule has 0 amide bonds. The lowest BCUT2D eigenvalue weighted by atomic mass is 9.83. The van der Waals surface area contributed by atoms with E-state index in [9.17, 15) is 0 Å². The largest absolute Gasteiger partial charge is 0.0648 e. The van der Waals surface area contributed by atoms with Crippen molar-refractivity contribution in [3.63, 3.8) is 0 Å². The Labute approximate surface area is 130 Å². The van der Waals surface area contributed by atoms with E-state index in [2.05, 4.69) is 76.2 Å². The van der Waals surface area contributed by atoms with Crippen molar-refractivity contribution in [1.82, 2.24) is 0 Å². The summed E-state index contributed by atoms with van der Waals surface area (Å²) in [5.74, 6) is 1.19. The van der Waals surface area contributed by atoms with E-state index in [0.29, 0.717) is 11.8 Å². The maximum absolute atomic E-state index is 3.53. The minimum atomic E-state index is 0.577. The number of benzene rings is 2. The zero-order valence-corrected chi connectivity index (χ0v) is 13.8. The summed E-state index contributed by atoms with van der Waals surface area (Å²) in [5.41, 5.74) is 5.83. The SMILES string of the molecule is CCC(C)c1[c]ccc(C(C)CC)c1Cc1ccccc1. The lowest BCUT2D eigenvalue weighted by molar-refractivity contribution is 0.695. The molecule has 1 radical (unpaired) electrons. The van der Waals surface area contributed by atoms with Gasteiger partial charge in [0.2, 0.25) is 0 Å². The average molecular weight is 279 g/mol. The Bertz CT molecular complexity index is 525. The lowest BCUT2D eigenvalue weighted by Crippen LogP contribution is -2.06. The predicted molar refractivity (Wildman–Crippen MR) is 91.9 cm³/mol. The van der Waals surface area contributed by atoms with Gasteiger partial charge in [0.05, 0.1) is 0 Å². The van der Waals surface area contributed by atoms with Crippen LogP contribution >= 0.6 is 0 Å². The minimum absolute atomic E-state index is 0.577. The third-order valence-corrected chi connectivity index (χ3v) is 4.65. The molecule has 0 saturated carbocycles. The first-order valence-corrected chi connectivity index (χ1v) is 8.24. The van der Waals surface area contributed by atoms with E-state index in [0.717, 1.165) is 6.42 Å². The summed E-state index contributed by atoms with van der Waals surface area (Å²) in [6, 6.07) is 18.7. The Balaban J connectivity index is 2.47. The van der Waals surface area contributed by atoms with Gasteiger partial charge < -0.3 is 0 Å². The maximum Gasteiger partial charge on any atom is -0.00199 e. The molecule has 0 heteroatoms. The van der Waals surface area contributed by atoms with Crippen molar-refractivity contribution < 1.29 is 0 Å². The highest BCUT2D eigenvalue weighted by molar-refractivity contribution is 5.42. The van der Waals surface area contributed by atoms with Gasteiger partial charge in [-0.15, -0.1) is 0 Å². The van der Waals surface area contributed by atoms with Crippen LogP contribution in [-0.4, -0.2) is 0 Å². The van der Waals surface area contributed by atoms with Crippen LogP contribution in [-0.2, 0) is 6.42 Å². The van der Waals surface area contributed by atoms with Gasteiger partial charge in [-0.1, -0.05) is 70.2 Å². The van der Waals surface area contributed by atoms with Gasteiger partial charge in [0, 0.05) is 0 Å². The molecule has 2 rings (SSSR count). The number of hydrogen-bond donors (Lipinski definition) is 0. The molecule has 2 atom stereocenters. The van der Waals surface area contributed by atoms with E-state index in [4.69, 9.17) is 0 Å². The summed E-state index contributed by atoms with van der Waals surface area (Å²) < 4.78 is 0. The van der Waals surface area contributed by atoms with E-state index in [1.807, 2.05) is 0 Å². The first-order valence-electron chi connectivity index (χ1n) is 8.24. The van der Waals surface area contributed by atoms with Gasteiger partial charge in [0.15, 0.2) is 0 Å². The molecule has 111 valence electrons. The smallest absolute Gasteiger partial charge is 0.00199 e. The lowest BCUT2D eigenvalue weighted by Gasteiger charge is -2.22. The average Bonchev–Trinajstić information content (AvgIpc) is 2.54. The topological polar surface area (TPSA) is 0 Å². The second-order valence-corrected chi connectivity index (χ2v) is 6.11. The molecule has 0 nitrogen and oxygen atoms in total. The number of rotatable bonds is 6. The van der Waals surface area contributed by atoms with Crippen molar-refractivity contribution in [3.05, 3.63) is 70.8 Å². The van der Waals surface area contributed by atoms with E-state index in [1.165, 1.54) is 35.1 Å². The van der Waals surface area contributed by atoms with Crippen LogP contribution in [0.4, 0.5) is 0 Å². The van der Waals surface area contributed by atoms with Crippen LogP contribution in [0.25, 0.3) is 0 Å². The molecule has 0 aliphatic heterocycles. The molecule has 0 N–H and O–H groups in total. The highest BCUT2D eigenvalue weighted by Crippen LogP contribution is 2.32. The molecule has 0 aliphatic rings. The Morgan fingerprint density at radius 2 is 1.57 bits per heavy atom. The second-order valence-electron chi connectivity index (χ2n) is 6.11. The number of hydrogen-bond acceptors (Lipinski definition) is 0. The van der Waals surface area contributed by atoms with Gasteiger partial charge in [-0.05, 0) is 59.4 Å². The van der Waals surface area contributed by atoms with E-state index >= 15 is 0 Å². The van der Waals surface area contributed by atoms with Crippen LogP contribution in [0.15, 0.2) is 42.5 Å². The Hall–Kier alpha value is -1.56. The summed E-state index contributed by atoms with van der Waals surface area (Å²) in [4.78, 5) is 0. The molecule has 0 saturated heterocycles. The van der Waals surface area contributed by atoms with Crippen molar-refractivity contribution in [3.8, 4) is 0 Å². The van der Waals surface area contributed by atoms with Crippen LogP contribution in [0.3, 0.4) is 0 Å². The molecule has 0 heterocycles. The highest BCUT2D eigenvalue weighted by Gasteiger charge is 2.16. The third kappa shape index (κ3) is 3.75. The monoisotopic (exact) mass is 279 g/mol. The molecular weight excluding hydrogens is 252 g/mol. The molecule has 21 heavy (non-hydrogen) atoms. The first-order chi connectivity index (χ1) is 10.2. The summed E-state index contributed by atoms with van der Waals surface area (Å²) >= 11 is 0. The molecule has 0 fully saturated rings. The molecule has 0 bridgehead atoms. The van der Waals surface area contributed by atoms with Crippen LogP contribution in [0, 0.1) is 6.07 Å². The van der Waals surface area contributed by atoms with Crippen LogP contribution in [0.1, 0.15) is 74.6 Å². The van der Waals surface area contributed by atoms with Crippen molar-refractivity contribution in [1.29, 1.82) is 0 Å². The molecule has 2 unspecified atom stereocenters. The zero-order valence-electron chi connectivity index (χ0n) is 13.8. The van der Waals surface area contributed by atoms with E-state index in [-0.39, 0.29) is 0 Å². The van der Waals surface area contributed by atoms with Crippen molar-refractivity contribution in [2.24, 2.45) is 0 Å². The Kier molecular flexibility index (Phi) is 5.61. The van der Waals surface area contributed by atoms with Gasteiger partial charge >= 0.3 is 0 Å². The van der Waals surface area contributed by atoms with Gasteiger partial charge in [0.25, 0.3) is 0 Å². The summed E-state index contributed by atoms with van der Waals surface area (Å²) in [6.07, 6.45) is 3.38. The Morgan fingerprint density at radius 3 is 2.19 bits per heavy atom. The standard InChI is InChI=1S/C21H27/c1-5-16(3)19-13-10-14-20(17(4)6-2)21(19)15-18-11-8-7-9-12-18/h7-13,16-17H,5-6,15H2,1-4H3. The molecule has 2 aromatic rings. The quantitative estimate of drug-likeness (QED) is 0.599. The fraction of sp³-hybridized carbons (Fsp3) is 0.429. The first kappa shape index (κ1) is 15.8. The molecule has 0 spiro atoms. The third-order valence-electron chi connectivity index (χ3n) is 4.65. The van der Waals surface area contributed by atoms with Gasteiger partial charge in [0.1, 0.15) is 0 Å². The van der Waals surface area contributed by atoms with Gasteiger partial charge in [-0.2, -0.15) is 0 Å². The van der Waals surface area contributed by atoms with Crippen LogP contribution < -0.4 is 0 Å². The maximum atomic E-state index is 3.53. The second kappa shape index (κ2) is 7.45. The minimum Gasteiger partial charge on any atom is -0.0648 e. The van der Waals surface area contributed by atoms with Gasteiger partial charge in [-0.25, -0.2) is 0 Å². The molecule has 2 aromatic carbocycles. The summed E-state index contributed by atoms with van der Waals surface area (Å²) in [5, 5.41) is 0. The predicted octanol–water partition coefficient (Wildman–Crippen LogP) is 6.10. The summed E-state index contributed by atoms with van der Waals surface area (Å²) in [6.45, 7) is 9.20. The normalized spacial score (nSPS) is 13.9.